The lowest BCUT2D eigenvalue weighted by molar-refractivity contribution is -0.139. The van der Waals surface area contributed by atoms with Gasteiger partial charge in [0.05, 0.1) is 0 Å². The number of aliphatic carboxylic acids is 1. The van der Waals surface area contributed by atoms with E-state index in [0.29, 0.717) is 12.1 Å². The molecule has 0 aromatic heterocycles. The summed E-state index contributed by atoms with van der Waals surface area (Å²) in [6, 6.07) is 0.694. The molecular weight excluding hydrogens is 228 g/mol. The van der Waals surface area contributed by atoms with Crippen molar-refractivity contribution < 1.29 is 9.90 Å². The number of nitrogens with zero attached hydrogens (tertiary/aromatic N) is 1. The van der Waals surface area contributed by atoms with Crippen LogP contribution in [0.3, 0.4) is 0 Å². The van der Waals surface area contributed by atoms with Gasteiger partial charge in [0.15, 0.2) is 0 Å². The molecule has 4 nitrogen and oxygen atoms in total. The number of piperidine rings is 1. The van der Waals surface area contributed by atoms with Crippen LogP contribution in [-0.2, 0) is 4.79 Å². The number of nitrogens with one attached hydrogen (secondary N) is 1. The lowest BCUT2D eigenvalue weighted by atomic mass is 9.92. The third-order valence-electron chi connectivity index (χ3n) is 4.52. The Labute approximate surface area is 110 Å². The SMILES string of the molecule is CC1CCCN(CCC(NC2CC2)C(=O)O)C1C. The summed E-state index contributed by atoms with van der Waals surface area (Å²) in [5.41, 5.74) is 0. The first-order valence-corrected chi connectivity index (χ1v) is 7.31. The molecule has 2 rings (SSSR count). The van der Waals surface area contributed by atoms with Gasteiger partial charge in [0, 0.05) is 18.6 Å². The fourth-order valence-corrected chi connectivity index (χ4v) is 2.84. The number of likely N-dealkylation sites (tertiary alicyclic amines) is 1. The summed E-state index contributed by atoms with van der Waals surface area (Å²) in [5, 5.41) is 12.4. The Hall–Kier alpha value is -0.610. The molecule has 1 heterocycles. The van der Waals surface area contributed by atoms with Gasteiger partial charge in [-0.25, -0.2) is 0 Å². The molecule has 3 atom stereocenters. The second-order valence-corrected chi connectivity index (χ2v) is 6.02. The van der Waals surface area contributed by atoms with E-state index < -0.39 is 5.97 Å². The van der Waals surface area contributed by atoms with Crippen LogP contribution in [0.1, 0.15) is 46.0 Å². The average molecular weight is 254 g/mol. The van der Waals surface area contributed by atoms with Crippen LogP contribution in [0.25, 0.3) is 0 Å². The van der Waals surface area contributed by atoms with Crippen LogP contribution >= 0.6 is 0 Å². The molecule has 0 radical (unpaired) electrons. The molecule has 0 spiro atoms. The van der Waals surface area contributed by atoms with E-state index in [4.69, 9.17) is 0 Å². The highest BCUT2D eigenvalue weighted by Gasteiger charge is 2.30. The van der Waals surface area contributed by atoms with Crippen molar-refractivity contribution in [2.45, 2.75) is 64.1 Å². The number of rotatable bonds is 6. The predicted octanol–water partition coefficient (Wildman–Crippen LogP) is 1.70. The van der Waals surface area contributed by atoms with Crippen LogP contribution in [0.4, 0.5) is 0 Å². The Bertz CT molecular complexity index is 292. The van der Waals surface area contributed by atoms with Crippen LogP contribution in [0.5, 0.6) is 0 Å². The Kier molecular flexibility index (Phi) is 4.62. The van der Waals surface area contributed by atoms with E-state index in [0.717, 1.165) is 38.3 Å². The summed E-state index contributed by atoms with van der Waals surface area (Å²) in [5.74, 6) is 0.0398. The molecule has 4 heteroatoms. The van der Waals surface area contributed by atoms with Crippen molar-refractivity contribution in [2.75, 3.05) is 13.1 Å². The predicted molar refractivity (Wildman–Crippen MR) is 71.6 cm³/mol. The molecule has 2 aliphatic rings. The zero-order valence-electron chi connectivity index (χ0n) is 11.6. The smallest absolute Gasteiger partial charge is 0.320 e. The van der Waals surface area contributed by atoms with E-state index in [9.17, 15) is 9.90 Å². The van der Waals surface area contributed by atoms with Gasteiger partial charge in [-0.05, 0) is 51.5 Å². The summed E-state index contributed by atoms with van der Waals surface area (Å²) in [6.07, 6.45) is 5.56. The summed E-state index contributed by atoms with van der Waals surface area (Å²) in [6.45, 7) is 6.60. The number of carboxylic acid groups (broad SMARTS) is 1. The van der Waals surface area contributed by atoms with Gasteiger partial charge in [0.25, 0.3) is 0 Å². The molecule has 3 unspecified atom stereocenters. The normalized spacial score (nSPS) is 31.2. The highest BCUT2D eigenvalue weighted by Crippen LogP contribution is 2.24. The largest absolute Gasteiger partial charge is 0.480 e. The first-order chi connectivity index (χ1) is 8.58. The third-order valence-corrected chi connectivity index (χ3v) is 4.52. The Morgan fingerprint density at radius 2 is 2.11 bits per heavy atom. The number of carbonyl (C=O) groups is 1. The van der Waals surface area contributed by atoms with Crippen LogP contribution < -0.4 is 5.32 Å². The van der Waals surface area contributed by atoms with Gasteiger partial charge in [-0.1, -0.05) is 6.92 Å². The summed E-state index contributed by atoms with van der Waals surface area (Å²) >= 11 is 0. The maximum Gasteiger partial charge on any atom is 0.320 e. The minimum absolute atomic E-state index is 0.359. The molecular formula is C14H26N2O2. The van der Waals surface area contributed by atoms with Gasteiger partial charge in [-0.15, -0.1) is 0 Å². The van der Waals surface area contributed by atoms with E-state index in [2.05, 4.69) is 24.1 Å². The molecule has 1 aliphatic heterocycles. The quantitative estimate of drug-likeness (QED) is 0.757. The maximum atomic E-state index is 11.2. The van der Waals surface area contributed by atoms with Crippen LogP contribution in [0, 0.1) is 5.92 Å². The first-order valence-electron chi connectivity index (χ1n) is 7.31. The maximum absolute atomic E-state index is 11.2. The molecule has 104 valence electrons. The molecule has 2 N–H and O–H groups in total. The standard InChI is InChI=1S/C14H26N2O2/c1-10-4-3-8-16(11(10)2)9-7-13(14(17)18)15-12-5-6-12/h10-13,15H,3-9H2,1-2H3,(H,17,18). The molecule has 1 aliphatic carbocycles. The molecule has 0 aromatic rings. The van der Waals surface area contributed by atoms with E-state index in [1.54, 1.807) is 0 Å². The molecule has 0 amide bonds. The summed E-state index contributed by atoms with van der Waals surface area (Å²) in [4.78, 5) is 13.7. The van der Waals surface area contributed by atoms with Gasteiger partial charge < -0.3 is 15.3 Å². The highest BCUT2D eigenvalue weighted by atomic mass is 16.4. The van der Waals surface area contributed by atoms with E-state index in [-0.39, 0.29) is 6.04 Å². The molecule has 1 saturated carbocycles. The minimum atomic E-state index is -0.695. The monoisotopic (exact) mass is 254 g/mol. The van der Waals surface area contributed by atoms with Gasteiger partial charge in [0.2, 0.25) is 0 Å². The van der Waals surface area contributed by atoms with E-state index in [1.807, 2.05) is 0 Å². The first kappa shape index (κ1) is 13.8. The zero-order valence-corrected chi connectivity index (χ0v) is 11.6. The van der Waals surface area contributed by atoms with Crippen LogP contribution in [-0.4, -0.2) is 47.2 Å². The lowest BCUT2D eigenvalue weighted by Gasteiger charge is -2.38. The van der Waals surface area contributed by atoms with Crippen molar-refractivity contribution in [3.8, 4) is 0 Å². The molecule has 0 bridgehead atoms. The summed E-state index contributed by atoms with van der Waals surface area (Å²) < 4.78 is 0. The molecule has 2 fully saturated rings. The van der Waals surface area contributed by atoms with Crippen LogP contribution in [0.2, 0.25) is 0 Å². The number of carboxylic acids is 1. The van der Waals surface area contributed by atoms with Crippen molar-refractivity contribution in [3.05, 3.63) is 0 Å². The minimum Gasteiger partial charge on any atom is -0.480 e. The van der Waals surface area contributed by atoms with Crippen molar-refractivity contribution in [2.24, 2.45) is 5.92 Å². The fraction of sp³-hybridized carbons (Fsp3) is 0.929. The van der Waals surface area contributed by atoms with Crippen molar-refractivity contribution in [1.29, 1.82) is 0 Å². The topological polar surface area (TPSA) is 52.6 Å². The second kappa shape index (κ2) is 6.02. The number of hydrogen-bond acceptors (Lipinski definition) is 3. The van der Waals surface area contributed by atoms with E-state index in [1.165, 1.54) is 12.8 Å². The van der Waals surface area contributed by atoms with Gasteiger partial charge in [-0.2, -0.15) is 0 Å². The molecule has 0 aromatic carbocycles. The van der Waals surface area contributed by atoms with E-state index >= 15 is 0 Å². The van der Waals surface area contributed by atoms with Crippen LogP contribution in [0.15, 0.2) is 0 Å². The highest BCUT2D eigenvalue weighted by molar-refractivity contribution is 5.73. The lowest BCUT2D eigenvalue weighted by Crippen LogP contribution is -2.46. The second-order valence-electron chi connectivity index (χ2n) is 6.02. The zero-order chi connectivity index (χ0) is 13.1. The Balaban J connectivity index is 1.78. The van der Waals surface area contributed by atoms with Gasteiger partial charge >= 0.3 is 5.97 Å². The van der Waals surface area contributed by atoms with Crippen molar-refractivity contribution in [1.82, 2.24) is 10.2 Å². The van der Waals surface area contributed by atoms with Gasteiger partial charge in [-0.3, -0.25) is 4.79 Å². The summed E-state index contributed by atoms with van der Waals surface area (Å²) in [7, 11) is 0. The third kappa shape index (κ3) is 3.69. The average Bonchev–Trinajstić information content (AvgIpc) is 3.13. The van der Waals surface area contributed by atoms with Crippen molar-refractivity contribution in [3.63, 3.8) is 0 Å². The number of hydrogen-bond donors (Lipinski definition) is 2. The molecule has 1 saturated heterocycles. The Morgan fingerprint density at radius 1 is 1.39 bits per heavy atom. The van der Waals surface area contributed by atoms with Crippen molar-refractivity contribution >= 4 is 5.97 Å². The fourth-order valence-electron chi connectivity index (χ4n) is 2.84. The molecule has 18 heavy (non-hydrogen) atoms. The Morgan fingerprint density at radius 3 is 2.72 bits per heavy atom. The van der Waals surface area contributed by atoms with Gasteiger partial charge in [0.1, 0.15) is 6.04 Å².